The van der Waals surface area contributed by atoms with Crippen molar-refractivity contribution in [1.82, 2.24) is 20.2 Å². The fourth-order valence-electron chi connectivity index (χ4n) is 1.82. The van der Waals surface area contributed by atoms with Crippen molar-refractivity contribution in [1.29, 1.82) is 5.26 Å². The molecule has 0 spiro atoms. The van der Waals surface area contributed by atoms with Gasteiger partial charge in [0.1, 0.15) is 6.07 Å². The van der Waals surface area contributed by atoms with Crippen LogP contribution >= 0.6 is 0 Å². The van der Waals surface area contributed by atoms with E-state index in [4.69, 9.17) is 5.26 Å². The van der Waals surface area contributed by atoms with Crippen LogP contribution in [0.1, 0.15) is 5.69 Å². The second kappa shape index (κ2) is 6.13. The number of anilines is 1. The van der Waals surface area contributed by atoms with Gasteiger partial charge in [0.25, 0.3) is 0 Å². The largest absolute Gasteiger partial charge is 0.366 e. The van der Waals surface area contributed by atoms with Gasteiger partial charge >= 0.3 is 0 Å². The van der Waals surface area contributed by atoms with E-state index in [-0.39, 0.29) is 0 Å². The summed E-state index contributed by atoms with van der Waals surface area (Å²) in [5.74, 6) is 0.574. The second-order valence-electron chi connectivity index (χ2n) is 3.88. The molecule has 1 saturated heterocycles. The normalized spacial score (nSPS) is 16.4. The number of hydrogen-bond acceptors (Lipinski definition) is 6. The molecule has 1 aromatic rings. The van der Waals surface area contributed by atoms with Crippen molar-refractivity contribution in [2.45, 2.75) is 0 Å². The Hall–Kier alpha value is -1.71. The maximum atomic E-state index is 8.86. The molecule has 0 bridgehead atoms. The second-order valence-corrected chi connectivity index (χ2v) is 3.88. The molecule has 0 saturated carbocycles. The smallest absolute Gasteiger partial charge is 0.182 e. The molecule has 0 amide bonds. The van der Waals surface area contributed by atoms with E-state index in [0.29, 0.717) is 11.5 Å². The summed E-state index contributed by atoms with van der Waals surface area (Å²) >= 11 is 0. The van der Waals surface area contributed by atoms with E-state index in [2.05, 4.69) is 25.5 Å². The van der Waals surface area contributed by atoms with Gasteiger partial charge in [0, 0.05) is 51.7 Å². The summed E-state index contributed by atoms with van der Waals surface area (Å²) in [6.45, 7) is 6.00. The van der Waals surface area contributed by atoms with Crippen LogP contribution in [0, 0.1) is 11.3 Å². The van der Waals surface area contributed by atoms with Gasteiger partial charge in [-0.1, -0.05) is 0 Å². The first-order chi connectivity index (χ1) is 8.40. The highest BCUT2D eigenvalue weighted by Crippen LogP contribution is 2.05. The Morgan fingerprint density at radius 1 is 1.35 bits per heavy atom. The first-order valence-corrected chi connectivity index (χ1v) is 5.78. The Kier molecular flexibility index (Phi) is 4.24. The predicted octanol–water partition coefficient (Wildman–Crippen LogP) is -0.335. The van der Waals surface area contributed by atoms with Crippen LogP contribution in [0.5, 0.6) is 0 Å². The van der Waals surface area contributed by atoms with E-state index < -0.39 is 0 Å². The average molecular weight is 232 g/mol. The zero-order chi connectivity index (χ0) is 11.9. The van der Waals surface area contributed by atoms with Crippen molar-refractivity contribution >= 4 is 5.82 Å². The van der Waals surface area contributed by atoms with Crippen LogP contribution in [0.15, 0.2) is 12.4 Å². The van der Waals surface area contributed by atoms with Crippen LogP contribution in [0.2, 0.25) is 0 Å². The van der Waals surface area contributed by atoms with E-state index in [0.717, 1.165) is 39.3 Å². The van der Waals surface area contributed by atoms with E-state index in [1.807, 2.05) is 6.07 Å². The summed E-state index contributed by atoms with van der Waals surface area (Å²) in [4.78, 5) is 10.4. The van der Waals surface area contributed by atoms with Gasteiger partial charge in [-0.05, 0) is 0 Å². The van der Waals surface area contributed by atoms with Crippen molar-refractivity contribution in [3.63, 3.8) is 0 Å². The van der Waals surface area contributed by atoms with Crippen LogP contribution in [-0.4, -0.2) is 54.1 Å². The Morgan fingerprint density at radius 3 is 2.88 bits per heavy atom. The van der Waals surface area contributed by atoms with Crippen LogP contribution in [0.4, 0.5) is 5.82 Å². The molecule has 0 radical (unpaired) electrons. The highest BCUT2D eigenvalue weighted by Gasteiger charge is 2.09. The molecule has 1 fully saturated rings. The van der Waals surface area contributed by atoms with E-state index in [1.54, 1.807) is 6.20 Å². The van der Waals surface area contributed by atoms with E-state index >= 15 is 0 Å². The van der Waals surface area contributed by atoms with Gasteiger partial charge < -0.3 is 10.6 Å². The predicted molar refractivity (Wildman–Crippen MR) is 64.5 cm³/mol. The average Bonchev–Trinajstić information content (AvgIpc) is 2.40. The summed E-state index contributed by atoms with van der Waals surface area (Å²) in [6, 6.07) is 2.02. The number of piperazine rings is 1. The molecule has 6 heteroatoms. The standard InChI is InChI=1S/C11H16N6/c12-9-10-11(15-2-1-14-10)16-5-8-17-6-3-13-4-7-17/h1-2,13H,3-8H2,(H,15,16). The third-order valence-electron chi connectivity index (χ3n) is 2.73. The van der Waals surface area contributed by atoms with Crippen molar-refractivity contribution in [3.05, 3.63) is 18.1 Å². The van der Waals surface area contributed by atoms with Crippen LogP contribution < -0.4 is 10.6 Å². The van der Waals surface area contributed by atoms with E-state index in [9.17, 15) is 0 Å². The zero-order valence-corrected chi connectivity index (χ0v) is 9.69. The number of hydrogen-bond donors (Lipinski definition) is 2. The van der Waals surface area contributed by atoms with Gasteiger partial charge in [-0.25, -0.2) is 9.97 Å². The van der Waals surface area contributed by atoms with Gasteiger partial charge in [-0.2, -0.15) is 5.26 Å². The van der Waals surface area contributed by atoms with Crippen LogP contribution in [0.25, 0.3) is 0 Å². The third kappa shape index (κ3) is 3.37. The molecule has 0 unspecified atom stereocenters. The summed E-state index contributed by atoms with van der Waals surface area (Å²) in [7, 11) is 0. The summed E-state index contributed by atoms with van der Waals surface area (Å²) in [5.41, 5.74) is 0.354. The van der Waals surface area contributed by atoms with Crippen molar-refractivity contribution in [2.75, 3.05) is 44.6 Å². The van der Waals surface area contributed by atoms with Crippen LogP contribution in [0.3, 0.4) is 0 Å². The third-order valence-corrected chi connectivity index (χ3v) is 2.73. The van der Waals surface area contributed by atoms with Gasteiger partial charge in [0.05, 0.1) is 0 Å². The zero-order valence-electron chi connectivity index (χ0n) is 9.69. The van der Waals surface area contributed by atoms with Gasteiger partial charge in [0.2, 0.25) is 0 Å². The summed E-state index contributed by atoms with van der Waals surface area (Å²) < 4.78 is 0. The number of aromatic nitrogens is 2. The topological polar surface area (TPSA) is 76.9 Å². The Labute approximate surface area is 101 Å². The Balaban J connectivity index is 1.79. The fraction of sp³-hybridized carbons (Fsp3) is 0.545. The Morgan fingerprint density at radius 2 is 2.12 bits per heavy atom. The van der Waals surface area contributed by atoms with Crippen molar-refractivity contribution in [2.24, 2.45) is 0 Å². The summed E-state index contributed by atoms with van der Waals surface area (Å²) in [5, 5.41) is 15.3. The van der Waals surface area contributed by atoms with Crippen molar-refractivity contribution < 1.29 is 0 Å². The first kappa shape index (κ1) is 11.8. The van der Waals surface area contributed by atoms with Gasteiger partial charge in [0.15, 0.2) is 11.5 Å². The molecule has 6 nitrogen and oxygen atoms in total. The molecule has 0 aliphatic carbocycles. The molecule has 1 aliphatic heterocycles. The molecule has 2 heterocycles. The fourth-order valence-corrected chi connectivity index (χ4v) is 1.82. The number of nitrogens with zero attached hydrogens (tertiary/aromatic N) is 4. The lowest BCUT2D eigenvalue weighted by molar-refractivity contribution is 0.249. The highest BCUT2D eigenvalue weighted by atomic mass is 15.2. The molecular formula is C11H16N6. The lowest BCUT2D eigenvalue weighted by atomic mass is 10.3. The van der Waals surface area contributed by atoms with Crippen LogP contribution in [-0.2, 0) is 0 Å². The molecule has 17 heavy (non-hydrogen) atoms. The Bertz CT molecular complexity index is 393. The minimum absolute atomic E-state index is 0.354. The minimum atomic E-state index is 0.354. The lowest BCUT2D eigenvalue weighted by Crippen LogP contribution is -2.45. The number of nitrogens with one attached hydrogen (secondary N) is 2. The molecule has 2 N–H and O–H groups in total. The molecule has 1 aromatic heterocycles. The summed E-state index contributed by atoms with van der Waals surface area (Å²) in [6.07, 6.45) is 3.12. The van der Waals surface area contributed by atoms with Crippen molar-refractivity contribution in [3.8, 4) is 6.07 Å². The quantitative estimate of drug-likeness (QED) is 0.740. The first-order valence-electron chi connectivity index (χ1n) is 5.78. The van der Waals surface area contributed by atoms with Gasteiger partial charge in [-0.15, -0.1) is 0 Å². The molecule has 2 rings (SSSR count). The lowest BCUT2D eigenvalue weighted by Gasteiger charge is -2.27. The molecular weight excluding hydrogens is 216 g/mol. The number of nitriles is 1. The number of rotatable bonds is 4. The van der Waals surface area contributed by atoms with E-state index in [1.165, 1.54) is 6.20 Å². The molecule has 90 valence electrons. The minimum Gasteiger partial charge on any atom is -0.366 e. The van der Waals surface area contributed by atoms with Gasteiger partial charge in [-0.3, -0.25) is 4.90 Å². The molecule has 0 aromatic carbocycles. The monoisotopic (exact) mass is 232 g/mol. The SMILES string of the molecule is N#Cc1nccnc1NCCN1CCNCC1. The maximum Gasteiger partial charge on any atom is 0.182 e. The molecule has 0 atom stereocenters. The molecule has 1 aliphatic rings. The highest BCUT2D eigenvalue weighted by molar-refractivity contribution is 5.46. The maximum absolute atomic E-state index is 8.86.